The highest BCUT2D eigenvalue weighted by atomic mass is 32.1. The van der Waals surface area contributed by atoms with Crippen LogP contribution in [0.5, 0.6) is 0 Å². The summed E-state index contributed by atoms with van der Waals surface area (Å²) in [6, 6.07) is 0. The zero-order valence-corrected chi connectivity index (χ0v) is 9.39. The van der Waals surface area contributed by atoms with Crippen molar-refractivity contribution in [1.82, 2.24) is 4.98 Å². The van der Waals surface area contributed by atoms with Gasteiger partial charge < -0.3 is 20.4 Å². The number of aromatic nitrogens is 1. The molecule has 6 nitrogen and oxygen atoms in total. The highest BCUT2D eigenvalue weighted by Crippen LogP contribution is 2.25. The van der Waals surface area contributed by atoms with Crippen molar-refractivity contribution in [3.63, 3.8) is 0 Å². The lowest BCUT2D eigenvalue weighted by molar-refractivity contribution is -0.0766. The van der Waals surface area contributed by atoms with Crippen LogP contribution in [0.25, 0.3) is 0 Å². The summed E-state index contributed by atoms with van der Waals surface area (Å²) in [5.74, 6) is -0.236. The minimum Gasteiger partial charge on any atom is -0.394 e. The molecule has 0 aliphatic heterocycles. The fraction of sp³-hybridized carbons (Fsp3) is 0.556. The zero-order valence-electron chi connectivity index (χ0n) is 8.57. The number of hydrogen-bond donors (Lipinski definition) is 4. The lowest BCUT2D eigenvalue weighted by Crippen LogP contribution is -2.34. The van der Waals surface area contributed by atoms with Gasteiger partial charge in [-0.05, 0) is 0 Å². The molecule has 7 heteroatoms. The first-order chi connectivity index (χ1) is 7.47. The largest absolute Gasteiger partial charge is 0.394 e. The van der Waals surface area contributed by atoms with Gasteiger partial charge >= 0.3 is 0 Å². The van der Waals surface area contributed by atoms with E-state index in [4.69, 9.17) is 10.2 Å². The number of carbonyl (C=O) groups excluding carboxylic acids is 1. The van der Waals surface area contributed by atoms with Gasteiger partial charge in [-0.1, -0.05) is 0 Å². The summed E-state index contributed by atoms with van der Waals surface area (Å²) in [4.78, 5) is 15.0. The Hall–Kier alpha value is -0.860. The van der Waals surface area contributed by atoms with Crippen molar-refractivity contribution in [2.45, 2.75) is 25.2 Å². The smallest absolute Gasteiger partial charge is 0.188 e. The molecule has 0 aliphatic rings. The molecule has 0 aliphatic carbocycles. The van der Waals surface area contributed by atoms with Gasteiger partial charge in [-0.2, -0.15) is 0 Å². The predicted octanol–water partition coefficient (Wildman–Crippen LogP) is -0.907. The lowest BCUT2D eigenvalue weighted by atomic mass is 10.1. The number of thiazole rings is 1. The topological polar surface area (TPSA) is 111 Å². The number of hydrogen-bond acceptors (Lipinski definition) is 7. The molecule has 90 valence electrons. The Kier molecular flexibility index (Phi) is 4.51. The monoisotopic (exact) mass is 247 g/mol. The van der Waals surface area contributed by atoms with E-state index in [9.17, 15) is 15.0 Å². The molecule has 0 radical (unpaired) electrons. The van der Waals surface area contributed by atoms with E-state index in [-0.39, 0.29) is 15.7 Å². The SMILES string of the molecule is CC(=O)c1ncc([C@@H](O)[C@H](O)[C@H](O)CO)s1. The van der Waals surface area contributed by atoms with E-state index in [0.717, 1.165) is 11.3 Å². The van der Waals surface area contributed by atoms with E-state index < -0.39 is 24.9 Å². The fourth-order valence-electron chi connectivity index (χ4n) is 1.07. The molecule has 0 spiro atoms. The summed E-state index contributed by atoms with van der Waals surface area (Å²) in [5.41, 5.74) is 0. The van der Waals surface area contributed by atoms with Crippen molar-refractivity contribution >= 4 is 17.1 Å². The van der Waals surface area contributed by atoms with Crippen molar-refractivity contribution in [2.75, 3.05) is 6.61 Å². The Bertz CT molecular complexity index is 367. The second kappa shape index (κ2) is 5.46. The maximum Gasteiger partial charge on any atom is 0.188 e. The molecule has 0 saturated carbocycles. The van der Waals surface area contributed by atoms with Crippen molar-refractivity contribution in [2.24, 2.45) is 0 Å². The van der Waals surface area contributed by atoms with Crippen LogP contribution in [0.2, 0.25) is 0 Å². The van der Waals surface area contributed by atoms with Crippen molar-refractivity contribution in [3.8, 4) is 0 Å². The van der Waals surface area contributed by atoms with Gasteiger partial charge in [-0.25, -0.2) is 4.98 Å². The molecular formula is C9H13NO5S. The molecule has 1 aromatic heterocycles. The van der Waals surface area contributed by atoms with Crippen LogP contribution >= 0.6 is 11.3 Å². The molecule has 16 heavy (non-hydrogen) atoms. The fourth-order valence-corrected chi connectivity index (χ4v) is 1.91. The normalized spacial score (nSPS) is 16.8. The van der Waals surface area contributed by atoms with E-state index in [1.54, 1.807) is 0 Å². The highest BCUT2D eigenvalue weighted by molar-refractivity contribution is 7.13. The van der Waals surface area contributed by atoms with Gasteiger partial charge in [0, 0.05) is 13.1 Å². The summed E-state index contributed by atoms with van der Waals surface area (Å²) < 4.78 is 0. The first-order valence-corrected chi connectivity index (χ1v) is 5.40. The molecule has 0 bridgehead atoms. The molecule has 0 unspecified atom stereocenters. The Morgan fingerprint density at radius 2 is 2.12 bits per heavy atom. The Labute approximate surface area is 95.8 Å². The van der Waals surface area contributed by atoms with Crippen LogP contribution in [-0.4, -0.2) is 50.0 Å². The number of aliphatic hydroxyl groups is 4. The average Bonchev–Trinajstić information content (AvgIpc) is 2.75. The minimum atomic E-state index is -1.51. The van der Waals surface area contributed by atoms with Crippen LogP contribution in [0.3, 0.4) is 0 Å². The third kappa shape index (κ3) is 2.83. The standard InChI is InChI=1S/C9H13NO5S/c1-4(12)9-10-2-6(16-9)8(15)7(14)5(13)3-11/h2,5,7-8,11,13-15H,3H2,1H3/t5-,7-,8-/m1/s1. The first kappa shape index (κ1) is 13.2. The summed E-state index contributed by atoms with van der Waals surface area (Å²) in [5, 5.41) is 37.0. The summed E-state index contributed by atoms with van der Waals surface area (Å²) in [7, 11) is 0. The molecule has 0 aromatic carbocycles. The Balaban J connectivity index is 2.79. The molecule has 3 atom stereocenters. The first-order valence-electron chi connectivity index (χ1n) is 4.59. The molecule has 4 N–H and O–H groups in total. The Morgan fingerprint density at radius 3 is 2.56 bits per heavy atom. The summed E-state index contributed by atoms with van der Waals surface area (Å²) >= 11 is 0.942. The molecular weight excluding hydrogens is 234 g/mol. The number of Topliss-reactive ketones (excluding diaryl/α,β-unsaturated/α-hetero) is 1. The van der Waals surface area contributed by atoms with Gasteiger partial charge in [-0.3, -0.25) is 4.79 Å². The summed E-state index contributed by atoms with van der Waals surface area (Å²) in [6.45, 7) is 0.685. The summed E-state index contributed by atoms with van der Waals surface area (Å²) in [6.07, 6.45) is -3.05. The van der Waals surface area contributed by atoms with Gasteiger partial charge in [0.15, 0.2) is 10.8 Å². The van der Waals surface area contributed by atoms with Crippen LogP contribution in [0.4, 0.5) is 0 Å². The average molecular weight is 247 g/mol. The van der Waals surface area contributed by atoms with Gasteiger partial charge in [0.1, 0.15) is 18.3 Å². The van der Waals surface area contributed by atoms with E-state index in [0.29, 0.717) is 0 Å². The van der Waals surface area contributed by atoms with E-state index in [2.05, 4.69) is 4.98 Å². The number of carbonyl (C=O) groups is 1. The van der Waals surface area contributed by atoms with Crippen LogP contribution in [0.15, 0.2) is 6.20 Å². The van der Waals surface area contributed by atoms with E-state index in [1.165, 1.54) is 13.1 Å². The van der Waals surface area contributed by atoms with Crippen molar-refractivity contribution in [1.29, 1.82) is 0 Å². The molecule has 1 aromatic rings. The van der Waals surface area contributed by atoms with Gasteiger partial charge in [-0.15, -0.1) is 11.3 Å². The quantitative estimate of drug-likeness (QED) is 0.501. The molecule has 1 rings (SSSR count). The lowest BCUT2D eigenvalue weighted by Gasteiger charge is -2.19. The molecule has 1 heterocycles. The predicted molar refractivity (Wildman–Crippen MR) is 56.2 cm³/mol. The molecule has 0 fully saturated rings. The van der Waals surface area contributed by atoms with E-state index >= 15 is 0 Å². The second-order valence-corrected chi connectivity index (χ2v) is 4.37. The third-order valence-electron chi connectivity index (χ3n) is 2.02. The minimum absolute atomic E-state index is 0.222. The maximum atomic E-state index is 11.0. The molecule has 0 saturated heterocycles. The van der Waals surface area contributed by atoms with Crippen LogP contribution in [0.1, 0.15) is 27.7 Å². The number of ketones is 1. The van der Waals surface area contributed by atoms with Crippen molar-refractivity contribution < 1.29 is 25.2 Å². The van der Waals surface area contributed by atoms with E-state index in [1.807, 2.05) is 0 Å². The van der Waals surface area contributed by atoms with Crippen LogP contribution in [-0.2, 0) is 0 Å². The number of rotatable bonds is 5. The third-order valence-corrected chi connectivity index (χ3v) is 3.19. The number of aliphatic hydroxyl groups excluding tert-OH is 4. The van der Waals surface area contributed by atoms with Crippen molar-refractivity contribution in [3.05, 3.63) is 16.1 Å². The highest BCUT2D eigenvalue weighted by Gasteiger charge is 2.27. The number of nitrogens with zero attached hydrogens (tertiary/aromatic N) is 1. The maximum absolute atomic E-state index is 11.0. The van der Waals surface area contributed by atoms with Gasteiger partial charge in [0.2, 0.25) is 0 Å². The molecule has 0 amide bonds. The van der Waals surface area contributed by atoms with Gasteiger partial charge in [0.25, 0.3) is 0 Å². The van der Waals surface area contributed by atoms with Gasteiger partial charge in [0.05, 0.1) is 11.5 Å². The second-order valence-electron chi connectivity index (χ2n) is 3.31. The van der Waals surface area contributed by atoms with Crippen LogP contribution in [0, 0.1) is 0 Å². The Morgan fingerprint density at radius 1 is 1.50 bits per heavy atom. The van der Waals surface area contributed by atoms with Crippen LogP contribution < -0.4 is 0 Å². The zero-order chi connectivity index (χ0) is 12.3.